The molecule has 3 atom stereocenters. The average molecular weight is 350 g/mol. The summed E-state index contributed by atoms with van der Waals surface area (Å²) in [6.07, 6.45) is 16.0. The number of nitrogens with one attached hydrogen (secondary N) is 1. The Hall–Kier alpha value is -1.26. The van der Waals surface area contributed by atoms with Gasteiger partial charge in [-0.25, -0.2) is 0 Å². The molecule has 0 radical (unpaired) electrons. The van der Waals surface area contributed by atoms with Gasteiger partial charge in [0, 0.05) is 0 Å². The highest BCUT2D eigenvalue weighted by Gasteiger charge is 2.49. The van der Waals surface area contributed by atoms with Gasteiger partial charge in [0.15, 0.2) is 0 Å². The molecule has 4 heteroatoms. The molecule has 1 N–H and O–H groups in total. The van der Waals surface area contributed by atoms with Gasteiger partial charge in [-0.15, -0.1) is 0 Å². The Kier molecular flexibility index (Phi) is 9.16. The van der Waals surface area contributed by atoms with Gasteiger partial charge in [-0.3, -0.25) is 4.79 Å². The third kappa shape index (κ3) is 4.64. The normalized spacial score (nSPS) is 22.4. The van der Waals surface area contributed by atoms with Crippen LogP contribution in [-0.4, -0.2) is 24.0 Å². The van der Waals surface area contributed by atoms with Gasteiger partial charge in [0.05, 0.1) is 12.0 Å². The molecule has 0 aromatic carbocycles. The van der Waals surface area contributed by atoms with Crippen LogP contribution < -0.4 is 5.32 Å². The molecular weight excluding hydrogens is 318 g/mol. The Morgan fingerprint density at radius 1 is 1.50 bits per heavy atom. The van der Waals surface area contributed by atoms with Crippen molar-refractivity contribution in [2.45, 2.75) is 51.7 Å². The number of rotatable bonds is 10. The first-order valence-electron chi connectivity index (χ1n) is 8.63. The Balaban J connectivity index is 3.55. The van der Waals surface area contributed by atoms with E-state index in [0.717, 1.165) is 31.2 Å². The molecule has 0 heterocycles. The van der Waals surface area contributed by atoms with E-state index < -0.39 is 5.60 Å². The summed E-state index contributed by atoms with van der Waals surface area (Å²) in [5, 5.41) is 3.02. The van der Waals surface area contributed by atoms with Crippen molar-refractivity contribution in [1.29, 1.82) is 0 Å². The molecule has 0 aromatic heterocycles. The Bertz CT molecular complexity index is 496. The average Bonchev–Trinajstić information content (AvgIpc) is 2.60. The van der Waals surface area contributed by atoms with Crippen LogP contribution in [0, 0.1) is 11.8 Å². The van der Waals surface area contributed by atoms with Gasteiger partial charge in [-0.1, -0.05) is 56.9 Å². The summed E-state index contributed by atoms with van der Waals surface area (Å²) >= 11 is 4.35. The largest absolute Gasteiger partial charge is 0.357 e. The molecule has 1 amide bonds. The van der Waals surface area contributed by atoms with Crippen LogP contribution in [0.15, 0.2) is 48.6 Å². The lowest BCUT2D eigenvalue weighted by Gasteiger charge is -2.48. The SMILES string of the molecule is C=C/C(=C\C=C/C)C(OCS)(C1CC=CCC1)C(NC=O)C(C)C. The third-order valence-corrected chi connectivity index (χ3v) is 4.82. The lowest BCUT2D eigenvalue weighted by atomic mass is 9.67. The van der Waals surface area contributed by atoms with E-state index in [-0.39, 0.29) is 23.8 Å². The standard InChI is InChI=1S/C20H31NO2S/c1-5-7-11-17(6-2)20(23-15-24,18-12-9-8-10-13-18)19(16(3)4)21-14-22/h5-9,11,14,16,18-19,24H,2,10,12-13,15H2,1,3-4H3,(H,21,22)/b7-5-,17-11+. The monoisotopic (exact) mass is 349 g/mol. The Labute approximate surface area is 152 Å². The molecule has 0 fully saturated rings. The van der Waals surface area contributed by atoms with Gasteiger partial charge in [0.2, 0.25) is 6.41 Å². The highest BCUT2D eigenvalue weighted by Crippen LogP contribution is 2.43. The molecule has 24 heavy (non-hydrogen) atoms. The number of ether oxygens (including phenoxy) is 1. The van der Waals surface area contributed by atoms with E-state index in [2.05, 4.69) is 50.5 Å². The second kappa shape index (κ2) is 10.6. The fourth-order valence-electron chi connectivity index (χ4n) is 3.69. The minimum absolute atomic E-state index is 0.159. The number of allylic oxidation sites excluding steroid dienone is 5. The van der Waals surface area contributed by atoms with Gasteiger partial charge < -0.3 is 10.1 Å². The van der Waals surface area contributed by atoms with Crippen LogP contribution in [0.5, 0.6) is 0 Å². The maximum absolute atomic E-state index is 11.3. The Morgan fingerprint density at radius 3 is 2.71 bits per heavy atom. The van der Waals surface area contributed by atoms with Crippen molar-refractivity contribution in [3.05, 3.63) is 48.6 Å². The predicted octanol–water partition coefficient (Wildman–Crippen LogP) is 4.44. The van der Waals surface area contributed by atoms with Crippen molar-refractivity contribution in [1.82, 2.24) is 5.32 Å². The zero-order valence-corrected chi connectivity index (χ0v) is 16.0. The summed E-state index contributed by atoms with van der Waals surface area (Å²) in [7, 11) is 0. The molecule has 0 aromatic rings. The number of hydrogen-bond acceptors (Lipinski definition) is 3. The summed E-state index contributed by atoms with van der Waals surface area (Å²) < 4.78 is 6.33. The summed E-state index contributed by atoms with van der Waals surface area (Å²) in [6, 6.07) is -0.159. The van der Waals surface area contributed by atoms with Gasteiger partial charge in [0.25, 0.3) is 0 Å². The maximum atomic E-state index is 11.3. The smallest absolute Gasteiger partial charge is 0.207 e. The topological polar surface area (TPSA) is 38.3 Å². The molecule has 0 bridgehead atoms. The summed E-state index contributed by atoms with van der Waals surface area (Å²) in [4.78, 5) is 11.3. The number of carbonyl (C=O) groups is 1. The van der Waals surface area contributed by atoms with Crippen molar-refractivity contribution in [3.63, 3.8) is 0 Å². The van der Waals surface area contributed by atoms with E-state index >= 15 is 0 Å². The van der Waals surface area contributed by atoms with Gasteiger partial charge >= 0.3 is 0 Å². The third-order valence-electron chi connectivity index (χ3n) is 4.69. The number of amides is 1. The van der Waals surface area contributed by atoms with Crippen LogP contribution in [0.1, 0.15) is 40.0 Å². The molecule has 134 valence electrons. The molecular formula is C20H31NO2S. The predicted molar refractivity (Wildman–Crippen MR) is 105 cm³/mol. The maximum Gasteiger partial charge on any atom is 0.207 e. The van der Waals surface area contributed by atoms with Crippen LogP contribution >= 0.6 is 12.6 Å². The molecule has 1 aliphatic carbocycles. The highest BCUT2D eigenvalue weighted by molar-refractivity contribution is 7.80. The van der Waals surface area contributed by atoms with Crippen LogP contribution in [0.4, 0.5) is 0 Å². The van der Waals surface area contributed by atoms with E-state index in [0.29, 0.717) is 0 Å². The van der Waals surface area contributed by atoms with Crippen LogP contribution in [-0.2, 0) is 9.53 Å². The van der Waals surface area contributed by atoms with E-state index in [1.807, 2.05) is 31.2 Å². The van der Waals surface area contributed by atoms with Gasteiger partial charge in [-0.05, 0) is 43.6 Å². The van der Waals surface area contributed by atoms with E-state index in [4.69, 9.17) is 4.74 Å². The number of carbonyl (C=O) groups excluding carboxylic acids is 1. The van der Waals surface area contributed by atoms with E-state index in [1.54, 1.807) is 0 Å². The molecule has 0 saturated heterocycles. The second-order valence-electron chi connectivity index (χ2n) is 6.41. The molecule has 1 aliphatic rings. The lowest BCUT2D eigenvalue weighted by Crippen LogP contribution is -2.60. The van der Waals surface area contributed by atoms with E-state index in [1.165, 1.54) is 0 Å². The molecule has 0 spiro atoms. The van der Waals surface area contributed by atoms with Crippen LogP contribution in [0.3, 0.4) is 0 Å². The minimum Gasteiger partial charge on any atom is -0.357 e. The first-order chi connectivity index (χ1) is 11.6. The first-order valence-corrected chi connectivity index (χ1v) is 9.27. The summed E-state index contributed by atoms with van der Waals surface area (Å²) in [6.45, 7) is 10.2. The minimum atomic E-state index is -0.650. The second-order valence-corrected chi connectivity index (χ2v) is 6.66. The fraction of sp³-hybridized carbons (Fsp3) is 0.550. The quantitative estimate of drug-likeness (QED) is 0.201. The van der Waals surface area contributed by atoms with Crippen LogP contribution in [0.25, 0.3) is 0 Å². The fourth-order valence-corrected chi connectivity index (χ4v) is 3.91. The first kappa shape index (κ1) is 20.8. The zero-order valence-electron chi connectivity index (χ0n) is 15.1. The number of thiol groups is 1. The number of hydrogen-bond donors (Lipinski definition) is 2. The van der Waals surface area contributed by atoms with Gasteiger partial charge in [0.1, 0.15) is 5.60 Å². The van der Waals surface area contributed by atoms with Gasteiger partial charge in [-0.2, -0.15) is 12.6 Å². The van der Waals surface area contributed by atoms with Crippen molar-refractivity contribution >= 4 is 19.0 Å². The zero-order chi connectivity index (χ0) is 18.0. The lowest BCUT2D eigenvalue weighted by molar-refractivity contribution is -0.116. The highest BCUT2D eigenvalue weighted by atomic mass is 32.1. The molecule has 0 aliphatic heterocycles. The molecule has 3 nitrogen and oxygen atoms in total. The Morgan fingerprint density at radius 2 is 2.25 bits per heavy atom. The summed E-state index contributed by atoms with van der Waals surface area (Å²) in [5.41, 5.74) is 0.339. The van der Waals surface area contributed by atoms with E-state index in [9.17, 15) is 4.79 Å². The molecule has 0 saturated carbocycles. The van der Waals surface area contributed by atoms with Crippen molar-refractivity contribution in [2.24, 2.45) is 11.8 Å². The molecule has 1 rings (SSSR count). The van der Waals surface area contributed by atoms with Crippen LogP contribution in [0.2, 0.25) is 0 Å². The van der Waals surface area contributed by atoms with Crippen molar-refractivity contribution < 1.29 is 9.53 Å². The summed E-state index contributed by atoms with van der Waals surface area (Å²) in [5.74, 6) is 0.740. The van der Waals surface area contributed by atoms with Crippen molar-refractivity contribution in [2.75, 3.05) is 5.94 Å². The van der Waals surface area contributed by atoms with Crippen molar-refractivity contribution in [3.8, 4) is 0 Å². The molecule has 3 unspecified atom stereocenters.